The second kappa shape index (κ2) is 13.2. The van der Waals surface area contributed by atoms with Crippen molar-refractivity contribution in [3.05, 3.63) is 66.0 Å². The van der Waals surface area contributed by atoms with Crippen LogP contribution in [-0.4, -0.2) is 90.7 Å². The van der Waals surface area contributed by atoms with Gasteiger partial charge in [-0.05, 0) is 39.1 Å². The number of urea groups is 1. The molecule has 5 rings (SSSR count). The van der Waals surface area contributed by atoms with Gasteiger partial charge in [-0.3, -0.25) is 14.6 Å². The van der Waals surface area contributed by atoms with Gasteiger partial charge in [-0.25, -0.2) is 23.5 Å². The van der Waals surface area contributed by atoms with Gasteiger partial charge in [0.2, 0.25) is 11.9 Å². The van der Waals surface area contributed by atoms with E-state index >= 15 is 8.78 Å². The third-order valence-corrected chi connectivity index (χ3v) is 7.43. The zero-order valence-electron chi connectivity index (χ0n) is 25.0. The number of likely N-dealkylation sites (tertiary alicyclic amines) is 1. The van der Waals surface area contributed by atoms with E-state index < -0.39 is 29.4 Å². The molecule has 0 aliphatic carbocycles. The molecule has 2 aliphatic rings. The Hall–Kier alpha value is -4.85. The SMILES string of the molecule is COc1cc(OC)c(F)c(N2Cc3cnc(Nc4ccccn4)nc3N(C3CCN(C(=O)/C=C/CN(C)C)CC3)C2=O)c1F. The van der Waals surface area contributed by atoms with Crippen molar-refractivity contribution in [1.29, 1.82) is 0 Å². The van der Waals surface area contributed by atoms with Crippen molar-refractivity contribution in [2.75, 3.05) is 63.1 Å². The van der Waals surface area contributed by atoms with E-state index in [1.807, 2.05) is 19.0 Å². The molecule has 232 valence electrons. The minimum absolute atomic E-state index is 0.117. The number of nitrogens with one attached hydrogen (secondary N) is 1. The predicted molar refractivity (Wildman–Crippen MR) is 160 cm³/mol. The second-order valence-electron chi connectivity index (χ2n) is 10.6. The highest BCUT2D eigenvalue weighted by Gasteiger charge is 2.41. The van der Waals surface area contributed by atoms with Crippen LogP contribution in [0.5, 0.6) is 11.5 Å². The molecule has 0 bridgehead atoms. The first-order valence-corrected chi connectivity index (χ1v) is 14.1. The lowest BCUT2D eigenvalue weighted by atomic mass is 10.0. The van der Waals surface area contributed by atoms with Crippen LogP contribution in [0.4, 0.5) is 36.8 Å². The van der Waals surface area contributed by atoms with E-state index in [0.717, 1.165) is 11.0 Å². The molecule has 0 saturated carbocycles. The second-order valence-corrected chi connectivity index (χ2v) is 10.6. The van der Waals surface area contributed by atoms with Gasteiger partial charge in [0.15, 0.2) is 23.1 Å². The summed E-state index contributed by atoms with van der Waals surface area (Å²) in [6, 6.07) is 5.31. The monoisotopic (exact) mass is 608 g/mol. The Morgan fingerprint density at radius 3 is 2.43 bits per heavy atom. The number of hydrogen-bond acceptors (Lipinski definition) is 9. The number of likely N-dealkylation sites (N-methyl/N-ethyl adjacent to an activating group) is 1. The van der Waals surface area contributed by atoms with Gasteiger partial charge in [0, 0.05) is 55.8 Å². The molecule has 0 radical (unpaired) electrons. The molecule has 1 aromatic carbocycles. The van der Waals surface area contributed by atoms with E-state index in [1.54, 1.807) is 41.4 Å². The molecule has 1 saturated heterocycles. The zero-order chi connectivity index (χ0) is 31.4. The van der Waals surface area contributed by atoms with Crippen LogP contribution in [0.1, 0.15) is 18.4 Å². The number of fused-ring (bicyclic) bond motifs is 1. The predicted octanol–water partition coefficient (Wildman–Crippen LogP) is 3.97. The Balaban J connectivity index is 1.50. The van der Waals surface area contributed by atoms with E-state index in [-0.39, 0.29) is 29.9 Å². The van der Waals surface area contributed by atoms with Crippen molar-refractivity contribution in [1.82, 2.24) is 24.8 Å². The molecule has 0 atom stereocenters. The number of carbonyl (C=O) groups is 2. The lowest BCUT2D eigenvalue weighted by Crippen LogP contribution is -2.56. The number of aromatic nitrogens is 3. The molecule has 0 unspecified atom stereocenters. The summed E-state index contributed by atoms with van der Waals surface area (Å²) in [5.74, 6) is -1.73. The number of amides is 3. The Kier molecular flexibility index (Phi) is 9.18. The van der Waals surface area contributed by atoms with Crippen LogP contribution in [0.2, 0.25) is 0 Å². The number of carbonyl (C=O) groups excluding carboxylic acids is 2. The molecule has 3 aromatic rings. The largest absolute Gasteiger partial charge is 0.493 e. The fourth-order valence-corrected chi connectivity index (χ4v) is 5.22. The molecule has 1 N–H and O–H groups in total. The zero-order valence-corrected chi connectivity index (χ0v) is 25.0. The summed E-state index contributed by atoms with van der Waals surface area (Å²) in [6.45, 7) is 1.20. The summed E-state index contributed by atoms with van der Waals surface area (Å²) in [5.41, 5.74) is -0.127. The molecular formula is C30H34F2N8O4. The number of rotatable bonds is 9. The number of piperidine rings is 1. The number of benzene rings is 1. The van der Waals surface area contributed by atoms with Crippen molar-refractivity contribution in [3.63, 3.8) is 0 Å². The summed E-state index contributed by atoms with van der Waals surface area (Å²) in [6.07, 6.45) is 7.33. The summed E-state index contributed by atoms with van der Waals surface area (Å²) in [4.78, 5) is 46.4. The average Bonchev–Trinajstić information content (AvgIpc) is 3.02. The van der Waals surface area contributed by atoms with Gasteiger partial charge < -0.3 is 24.6 Å². The highest BCUT2D eigenvalue weighted by molar-refractivity contribution is 6.06. The van der Waals surface area contributed by atoms with Gasteiger partial charge in [-0.2, -0.15) is 4.98 Å². The van der Waals surface area contributed by atoms with E-state index in [0.29, 0.717) is 49.7 Å². The molecule has 2 aliphatic heterocycles. The quantitative estimate of drug-likeness (QED) is 0.361. The van der Waals surface area contributed by atoms with Crippen LogP contribution >= 0.6 is 0 Å². The Bertz CT molecular complexity index is 1520. The Morgan fingerprint density at radius 2 is 1.82 bits per heavy atom. The van der Waals surface area contributed by atoms with Crippen LogP contribution in [0.15, 0.2) is 48.8 Å². The molecule has 1 fully saturated rings. The fraction of sp³-hybridized carbons (Fsp3) is 0.367. The molecule has 2 aromatic heterocycles. The lowest BCUT2D eigenvalue weighted by Gasteiger charge is -2.43. The lowest BCUT2D eigenvalue weighted by molar-refractivity contribution is -0.127. The minimum Gasteiger partial charge on any atom is -0.493 e. The Morgan fingerprint density at radius 1 is 1.11 bits per heavy atom. The molecule has 12 nitrogen and oxygen atoms in total. The Labute approximate surface area is 253 Å². The molecule has 14 heteroatoms. The maximum atomic E-state index is 15.6. The standard InChI is InChI=1S/C30H34F2N8O4/c1-37(2)13-7-9-24(41)38-14-10-20(11-15-38)40-28-19(17-34-29(36-28)35-23-8-5-6-12-33-23)18-39(30(40)42)27-25(31)21(43-3)16-22(44-4)26(27)32/h5-9,12,16-17,20H,10-11,13-15,18H2,1-4H3,(H,33,34,35,36)/b9-7+. The number of hydrogen-bond donors (Lipinski definition) is 1. The van der Waals surface area contributed by atoms with Gasteiger partial charge in [0.1, 0.15) is 17.3 Å². The average molecular weight is 609 g/mol. The molecule has 3 amide bonds. The summed E-state index contributed by atoms with van der Waals surface area (Å²) in [7, 11) is 6.32. The van der Waals surface area contributed by atoms with Gasteiger partial charge in [0.05, 0.1) is 20.8 Å². The number of methoxy groups -OCH3 is 2. The topological polar surface area (TPSA) is 116 Å². The highest BCUT2D eigenvalue weighted by atomic mass is 19.1. The molecule has 4 heterocycles. The van der Waals surface area contributed by atoms with Gasteiger partial charge >= 0.3 is 6.03 Å². The maximum Gasteiger partial charge on any atom is 0.330 e. The third-order valence-electron chi connectivity index (χ3n) is 7.43. The van der Waals surface area contributed by atoms with Gasteiger partial charge in [0.25, 0.3) is 0 Å². The first-order valence-electron chi connectivity index (χ1n) is 14.1. The fourth-order valence-electron chi connectivity index (χ4n) is 5.22. The van der Waals surface area contributed by atoms with Crippen molar-refractivity contribution in [3.8, 4) is 11.5 Å². The first-order chi connectivity index (χ1) is 21.2. The highest BCUT2D eigenvalue weighted by Crippen LogP contribution is 2.41. The van der Waals surface area contributed by atoms with Gasteiger partial charge in [-0.1, -0.05) is 12.1 Å². The van der Waals surface area contributed by atoms with Crippen molar-refractivity contribution in [2.24, 2.45) is 0 Å². The number of pyridine rings is 1. The summed E-state index contributed by atoms with van der Waals surface area (Å²) < 4.78 is 41.5. The smallest absolute Gasteiger partial charge is 0.330 e. The van der Waals surface area contributed by atoms with Crippen molar-refractivity contribution >= 4 is 35.2 Å². The van der Waals surface area contributed by atoms with Crippen LogP contribution in [-0.2, 0) is 11.3 Å². The van der Waals surface area contributed by atoms with Crippen LogP contribution in [0, 0.1) is 11.6 Å². The number of nitrogens with zero attached hydrogens (tertiary/aromatic N) is 7. The maximum absolute atomic E-state index is 15.6. The van der Waals surface area contributed by atoms with Crippen LogP contribution in [0.3, 0.4) is 0 Å². The van der Waals surface area contributed by atoms with Crippen molar-refractivity contribution in [2.45, 2.75) is 25.4 Å². The van der Waals surface area contributed by atoms with E-state index in [4.69, 9.17) is 9.47 Å². The first kappa shape index (κ1) is 30.6. The summed E-state index contributed by atoms with van der Waals surface area (Å²) >= 11 is 0. The minimum atomic E-state index is -1.04. The number of ether oxygens (including phenoxy) is 2. The number of anilines is 4. The van der Waals surface area contributed by atoms with Gasteiger partial charge in [-0.15, -0.1) is 0 Å². The van der Waals surface area contributed by atoms with Crippen LogP contribution < -0.4 is 24.6 Å². The number of halogens is 2. The normalized spacial score (nSPS) is 15.6. The van der Waals surface area contributed by atoms with E-state index in [2.05, 4.69) is 20.3 Å². The van der Waals surface area contributed by atoms with E-state index in [9.17, 15) is 9.59 Å². The summed E-state index contributed by atoms with van der Waals surface area (Å²) in [5, 5.41) is 3.03. The van der Waals surface area contributed by atoms with Crippen molar-refractivity contribution < 1.29 is 27.8 Å². The molecule has 0 spiro atoms. The van der Waals surface area contributed by atoms with E-state index in [1.165, 1.54) is 25.3 Å². The van der Waals surface area contributed by atoms with Crippen LogP contribution in [0.25, 0.3) is 0 Å². The third kappa shape index (κ3) is 6.25. The molecular weight excluding hydrogens is 574 g/mol. The molecule has 44 heavy (non-hydrogen) atoms.